The number of esters is 1. The Kier molecular flexibility index (Phi) is 6.82. The molecule has 0 aliphatic rings. The molecule has 3 aromatic rings. The summed E-state index contributed by atoms with van der Waals surface area (Å²) in [6, 6.07) is 22.0. The fourth-order valence-corrected chi connectivity index (χ4v) is 3.06. The van der Waals surface area contributed by atoms with Crippen molar-refractivity contribution in [2.24, 2.45) is 0 Å². The maximum Gasteiger partial charge on any atom is 0.339 e. The largest absolute Gasteiger partial charge is 0.497 e. The molecule has 0 radical (unpaired) electrons. The number of methoxy groups -OCH3 is 1. The molecule has 6 nitrogen and oxygen atoms in total. The van der Waals surface area contributed by atoms with Gasteiger partial charge in [-0.3, -0.25) is 9.59 Å². The molecule has 0 fully saturated rings. The summed E-state index contributed by atoms with van der Waals surface area (Å²) in [4.78, 5) is 39.9. The number of hydrogen-bond acceptors (Lipinski definition) is 5. The average Bonchev–Trinajstić information content (AvgIpc) is 2.83. The van der Waals surface area contributed by atoms with Crippen LogP contribution in [0.4, 0.5) is 5.69 Å². The van der Waals surface area contributed by atoms with E-state index in [1.807, 2.05) is 18.2 Å². The monoisotopic (exact) mass is 417 g/mol. The van der Waals surface area contributed by atoms with Crippen molar-refractivity contribution in [1.29, 1.82) is 0 Å². The van der Waals surface area contributed by atoms with Crippen LogP contribution in [0.2, 0.25) is 0 Å². The van der Waals surface area contributed by atoms with Crippen LogP contribution in [0.5, 0.6) is 5.75 Å². The maximum atomic E-state index is 13.0. The molecule has 6 heteroatoms. The number of benzene rings is 3. The molecule has 0 aliphatic heterocycles. The summed E-state index contributed by atoms with van der Waals surface area (Å²) in [5.41, 5.74) is 1.39. The van der Waals surface area contributed by atoms with Crippen molar-refractivity contribution in [2.45, 2.75) is 13.0 Å². The number of ketones is 1. The van der Waals surface area contributed by atoms with Gasteiger partial charge in [0.2, 0.25) is 5.78 Å². The van der Waals surface area contributed by atoms with Gasteiger partial charge < -0.3 is 14.4 Å². The number of anilines is 1. The second-order valence-electron chi connectivity index (χ2n) is 6.89. The van der Waals surface area contributed by atoms with Gasteiger partial charge in [-0.25, -0.2) is 4.79 Å². The van der Waals surface area contributed by atoms with Crippen molar-refractivity contribution in [1.82, 2.24) is 0 Å². The van der Waals surface area contributed by atoms with E-state index in [1.165, 1.54) is 25.0 Å². The molecular weight excluding hydrogens is 394 g/mol. The first-order chi connectivity index (χ1) is 14.9. The minimum atomic E-state index is -1.02. The summed E-state index contributed by atoms with van der Waals surface area (Å²) >= 11 is 0. The molecule has 158 valence electrons. The van der Waals surface area contributed by atoms with E-state index in [0.29, 0.717) is 17.0 Å². The Labute approximate surface area is 181 Å². The molecule has 0 spiro atoms. The van der Waals surface area contributed by atoms with E-state index in [0.717, 1.165) is 0 Å². The van der Waals surface area contributed by atoms with Gasteiger partial charge in [0.05, 0.1) is 18.2 Å². The van der Waals surface area contributed by atoms with Crippen molar-refractivity contribution >= 4 is 23.3 Å². The molecule has 1 atom stereocenters. The van der Waals surface area contributed by atoms with Gasteiger partial charge in [0.25, 0.3) is 5.91 Å². The molecule has 1 amide bonds. The van der Waals surface area contributed by atoms with E-state index < -0.39 is 12.1 Å². The fraction of sp³-hybridized carbons (Fsp3) is 0.160. The molecule has 0 bridgehead atoms. The molecule has 0 unspecified atom stereocenters. The highest BCUT2D eigenvalue weighted by molar-refractivity contribution is 6.12. The lowest BCUT2D eigenvalue weighted by Crippen LogP contribution is -2.29. The average molecular weight is 417 g/mol. The Bertz CT molecular complexity index is 1080. The highest BCUT2D eigenvalue weighted by atomic mass is 16.5. The normalized spacial score (nSPS) is 11.3. The quantitative estimate of drug-likeness (QED) is 0.421. The van der Waals surface area contributed by atoms with E-state index in [4.69, 9.17) is 9.47 Å². The number of hydrogen-bond donors (Lipinski definition) is 0. The number of para-hydroxylation sites is 1. The molecule has 0 aromatic heterocycles. The SMILES string of the molecule is COc1ccc(C(=O)[C@H](C)OC(=O)c2ccccc2C(=O)N(C)c2ccccc2)cc1. The van der Waals surface area contributed by atoms with Crippen LogP contribution < -0.4 is 9.64 Å². The van der Waals surface area contributed by atoms with Crippen LogP contribution in [0.15, 0.2) is 78.9 Å². The summed E-state index contributed by atoms with van der Waals surface area (Å²) in [5.74, 6) is -0.815. The zero-order valence-corrected chi connectivity index (χ0v) is 17.6. The van der Waals surface area contributed by atoms with Crippen molar-refractivity contribution in [2.75, 3.05) is 19.1 Å². The molecule has 3 aromatic carbocycles. The molecule has 0 N–H and O–H groups in total. The van der Waals surface area contributed by atoms with Crippen LogP contribution in [0, 0.1) is 0 Å². The Morgan fingerprint density at radius 1 is 0.806 bits per heavy atom. The number of carbonyl (C=O) groups is 3. The van der Waals surface area contributed by atoms with Crippen LogP contribution in [0.1, 0.15) is 38.0 Å². The van der Waals surface area contributed by atoms with Gasteiger partial charge in [-0.05, 0) is 55.5 Å². The van der Waals surface area contributed by atoms with Crippen LogP contribution in [0.3, 0.4) is 0 Å². The van der Waals surface area contributed by atoms with E-state index in [2.05, 4.69) is 0 Å². The Morgan fingerprint density at radius 2 is 1.39 bits per heavy atom. The zero-order chi connectivity index (χ0) is 22.4. The fourth-order valence-electron chi connectivity index (χ4n) is 3.06. The molecular formula is C25H23NO5. The number of carbonyl (C=O) groups excluding carboxylic acids is 3. The highest BCUT2D eigenvalue weighted by Crippen LogP contribution is 2.19. The number of amides is 1. The molecule has 0 saturated heterocycles. The van der Waals surface area contributed by atoms with Gasteiger partial charge in [-0.2, -0.15) is 0 Å². The number of Topliss-reactive ketones (excluding diaryl/α,β-unsaturated/α-hetero) is 1. The summed E-state index contributed by atoms with van der Waals surface area (Å²) in [5, 5.41) is 0. The molecule has 31 heavy (non-hydrogen) atoms. The van der Waals surface area contributed by atoms with Crippen LogP contribution in [-0.4, -0.2) is 37.9 Å². The van der Waals surface area contributed by atoms with Crippen LogP contribution >= 0.6 is 0 Å². The molecule has 0 heterocycles. The van der Waals surface area contributed by atoms with Crippen molar-refractivity contribution < 1.29 is 23.9 Å². The third kappa shape index (κ3) is 4.98. The first-order valence-corrected chi connectivity index (χ1v) is 9.73. The molecule has 0 saturated carbocycles. The third-order valence-corrected chi connectivity index (χ3v) is 4.85. The van der Waals surface area contributed by atoms with Crippen molar-refractivity contribution in [3.05, 3.63) is 95.6 Å². The topological polar surface area (TPSA) is 72.9 Å². The number of ether oxygens (including phenoxy) is 2. The summed E-state index contributed by atoms with van der Waals surface area (Å²) in [7, 11) is 3.17. The van der Waals surface area contributed by atoms with Gasteiger partial charge in [-0.15, -0.1) is 0 Å². The Morgan fingerprint density at radius 3 is 2.00 bits per heavy atom. The van der Waals surface area contributed by atoms with E-state index in [9.17, 15) is 14.4 Å². The minimum absolute atomic E-state index is 0.102. The van der Waals surface area contributed by atoms with Gasteiger partial charge in [0, 0.05) is 18.3 Å². The van der Waals surface area contributed by atoms with Crippen molar-refractivity contribution in [3.8, 4) is 5.75 Å². The second kappa shape index (κ2) is 9.71. The highest BCUT2D eigenvalue weighted by Gasteiger charge is 2.25. The first-order valence-electron chi connectivity index (χ1n) is 9.73. The number of nitrogens with zero attached hydrogens (tertiary/aromatic N) is 1. The maximum absolute atomic E-state index is 13.0. The van der Waals surface area contributed by atoms with E-state index in [-0.39, 0.29) is 22.8 Å². The first kappa shape index (κ1) is 21.8. The third-order valence-electron chi connectivity index (χ3n) is 4.85. The predicted octanol–water partition coefficient (Wildman–Crippen LogP) is 4.40. The summed E-state index contributed by atoms with van der Waals surface area (Å²) in [6.07, 6.45) is -1.02. The standard InChI is InChI=1S/C25H23NO5/c1-17(23(27)18-13-15-20(30-3)16-14-18)31-25(29)22-12-8-7-11-21(22)24(28)26(2)19-9-5-4-6-10-19/h4-17H,1-3H3/t17-/m0/s1. The van der Waals surface area contributed by atoms with E-state index in [1.54, 1.807) is 61.6 Å². The lowest BCUT2D eigenvalue weighted by atomic mass is 10.0. The van der Waals surface area contributed by atoms with Crippen molar-refractivity contribution in [3.63, 3.8) is 0 Å². The number of rotatable bonds is 7. The van der Waals surface area contributed by atoms with Gasteiger partial charge in [-0.1, -0.05) is 30.3 Å². The summed E-state index contributed by atoms with van der Waals surface area (Å²) in [6.45, 7) is 1.50. The Balaban J connectivity index is 1.77. The van der Waals surface area contributed by atoms with Crippen LogP contribution in [-0.2, 0) is 4.74 Å². The summed E-state index contributed by atoms with van der Waals surface area (Å²) < 4.78 is 10.5. The minimum Gasteiger partial charge on any atom is -0.497 e. The van der Waals surface area contributed by atoms with Crippen LogP contribution in [0.25, 0.3) is 0 Å². The second-order valence-corrected chi connectivity index (χ2v) is 6.89. The lowest BCUT2D eigenvalue weighted by molar-refractivity contribution is 0.0317. The van der Waals surface area contributed by atoms with E-state index >= 15 is 0 Å². The van der Waals surface area contributed by atoms with Gasteiger partial charge in [0.15, 0.2) is 6.10 Å². The Hall–Kier alpha value is -3.93. The smallest absolute Gasteiger partial charge is 0.339 e. The lowest BCUT2D eigenvalue weighted by Gasteiger charge is -2.19. The molecule has 0 aliphatic carbocycles. The van der Waals surface area contributed by atoms with Gasteiger partial charge >= 0.3 is 5.97 Å². The predicted molar refractivity (Wildman–Crippen MR) is 118 cm³/mol. The van der Waals surface area contributed by atoms with Gasteiger partial charge in [0.1, 0.15) is 5.75 Å². The zero-order valence-electron chi connectivity index (χ0n) is 17.6. The molecule has 3 rings (SSSR count).